The minimum absolute atomic E-state index is 0.304. The summed E-state index contributed by atoms with van der Waals surface area (Å²) in [6.07, 6.45) is 0.596. The first kappa shape index (κ1) is 13.5. The molecule has 0 atom stereocenters. The van der Waals surface area contributed by atoms with Gasteiger partial charge in [-0.1, -0.05) is 6.92 Å². The highest BCUT2D eigenvalue weighted by atomic mass is 16.3. The van der Waals surface area contributed by atoms with E-state index in [9.17, 15) is 4.79 Å². The summed E-state index contributed by atoms with van der Waals surface area (Å²) in [4.78, 5) is 11.9. The monoisotopic (exact) mass is 239 g/mol. The number of hydrogen-bond donors (Lipinski definition) is 3. The Kier molecular flexibility index (Phi) is 4.99. The van der Waals surface area contributed by atoms with E-state index in [4.69, 9.17) is 10.2 Å². The third-order valence-electron chi connectivity index (χ3n) is 2.35. The predicted molar refractivity (Wildman–Crippen MR) is 61.6 cm³/mol. The summed E-state index contributed by atoms with van der Waals surface area (Å²) >= 11 is 0. The lowest BCUT2D eigenvalue weighted by Crippen LogP contribution is -2.40. The molecule has 1 rings (SSSR count). The molecule has 1 heterocycles. The Hall–Kier alpha value is -1.53. The minimum atomic E-state index is -0.652. The molecule has 94 valence electrons. The van der Waals surface area contributed by atoms with Crippen LogP contribution in [0.2, 0.25) is 0 Å². The van der Waals surface area contributed by atoms with Gasteiger partial charge in [0, 0.05) is 0 Å². The van der Waals surface area contributed by atoms with Gasteiger partial charge in [0.15, 0.2) is 0 Å². The van der Waals surface area contributed by atoms with Crippen molar-refractivity contribution >= 4 is 5.91 Å². The molecular formula is C11H17N3O3. The first-order valence-corrected chi connectivity index (χ1v) is 5.48. The first-order valence-electron chi connectivity index (χ1n) is 5.48. The molecule has 0 aliphatic carbocycles. The Bertz CT molecular complexity index is 392. The molecule has 0 aromatic carbocycles. The molecule has 1 aromatic rings. The molecule has 0 unspecified atom stereocenters. The first-order chi connectivity index (χ1) is 8.12. The van der Waals surface area contributed by atoms with Gasteiger partial charge < -0.3 is 15.5 Å². The van der Waals surface area contributed by atoms with Crippen molar-refractivity contribution in [2.24, 2.45) is 0 Å². The highest BCUT2D eigenvalue weighted by molar-refractivity contribution is 5.95. The van der Waals surface area contributed by atoms with Gasteiger partial charge in [-0.15, -0.1) is 0 Å². The second kappa shape index (κ2) is 6.27. The van der Waals surface area contributed by atoms with E-state index in [0.717, 1.165) is 0 Å². The molecule has 1 aromatic heterocycles. The van der Waals surface area contributed by atoms with E-state index in [1.807, 2.05) is 6.92 Å². The smallest absolute Gasteiger partial charge is 0.253 e. The summed E-state index contributed by atoms with van der Waals surface area (Å²) in [5, 5.41) is 28.2. The van der Waals surface area contributed by atoms with Crippen LogP contribution in [0, 0.1) is 6.92 Å². The van der Waals surface area contributed by atoms with Crippen molar-refractivity contribution in [3.05, 3.63) is 23.0 Å². The molecule has 0 saturated heterocycles. The van der Waals surface area contributed by atoms with Crippen LogP contribution in [-0.4, -0.2) is 45.6 Å². The second-order valence-electron chi connectivity index (χ2n) is 3.74. The van der Waals surface area contributed by atoms with Crippen molar-refractivity contribution < 1.29 is 15.0 Å². The van der Waals surface area contributed by atoms with E-state index in [1.54, 1.807) is 13.0 Å². The zero-order valence-corrected chi connectivity index (χ0v) is 9.97. The maximum atomic E-state index is 11.9. The predicted octanol–water partition coefficient (Wildman–Crippen LogP) is -0.570. The van der Waals surface area contributed by atoms with Gasteiger partial charge in [0.1, 0.15) is 0 Å². The topological polar surface area (TPSA) is 95.3 Å². The number of carbonyl (C=O) groups excluding carboxylic acids is 1. The summed E-state index contributed by atoms with van der Waals surface area (Å²) in [7, 11) is 0. The third kappa shape index (κ3) is 3.47. The summed E-state index contributed by atoms with van der Waals surface area (Å²) in [5.74, 6) is -0.354. The lowest BCUT2D eigenvalue weighted by Gasteiger charge is -2.14. The van der Waals surface area contributed by atoms with Crippen molar-refractivity contribution in [3.8, 4) is 0 Å². The van der Waals surface area contributed by atoms with E-state index >= 15 is 0 Å². The van der Waals surface area contributed by atoms with Gasteiger partial charge in [-0.3, -0.25) is 4.79 Å². The van der Waals surface area contributed by atoms with Crippen LogP contribution in [0.4, 0.5) is 0 Å². The number of rotatable bonds is 5. The highest BCUT2D eigenvalue weighted by Gasteiger charge is 2.16. The zero-order valence-electron chi connectivity index (χ0n) is 9.97. The number of aliphatic hydroxyl groups excluding tert-OH is 2. The lowest BCUT2D eigenvalue weighted by molar-refractivity contribution is 0.0877. The van der Waals surface area contributed by atoms with Gasteiger partial charge in [0.05, 0.1) is 36.2 Å². The molecule has 17 heavy (non-hydrogen) atoms. The molecular weight excluding hydrogens is 222 g/mol. The van der Waals surface area contributed by atoms with Crippen molar-refractivity contribution in [3.63, 3.8) is 0 Å². The standard InChI is InChI=1S/C11H17N3O3/c1-3-10-9(4-7(2)13-14-10)11(17)12-8(5-15)6-16/h4,8,15-16H,3,5-6H2,1-2H3,(H,12,17). The van der Waals surface area contributed by atoms with Crippen molar-refractivity contribution in [1.29, 1.82) is 0 Å². The van der Waals surface area contributed by atoms with Crippen molar-refractivity contribution in [2.75, 3.05) is 13.2 Å². The summed E-state index contributed by atoms with van der Waals surface area (Å²) in [6, 6.07) is 0.994. The Labute approximate surface area is 99.7 Å². The van der Waals surface area contributed by atoms with E-state index in [-0.39, 0.29) is 19.1 Å². The molecule has 0 radical (unpaired) electrons. The van der Waals surface area contributed by atoms with Gasteiger partial charge >= 0.3 is 0 Å². The SMILES string of the molecule is CCc1nnc(C)cc1C(=O)NC(CO)CO. The average molecular weight is 239 g/mol. The second-order valence-corrected chi connectivity index (χ2v) is 3.74. The zero-order chi connectivity index (χ0) is 12.8. The molecule has 0 aliphatic rings. The van der Waals surface area contributed by atoms with Crippen molar-refractivity contribution in [2.45, 2.75) is 26.3 Å². The van der Waals surface area contributed by atoms with Crippen molar-refractivity contribution in [1.82, 2.24) is 15.5 Å². The summed E-state index contributed by atoms with van der Waals surface area (Å²) in [6.45, 7) is 3.02. The van der Waals surface area contributed by atoms with Crippen LogP contribution in [0.1, 0.15) is 28.7 Å². The number of carbonyl (C=O) groups is 1. The van der Waals surface area contributed by atoms with E-state index in [2.05, 4.69) is 15.5 Å². The Morgan fingerprint density at radius 3 is 2.59 bits per heavy atom. The number of aryl methyl sites for hydroxylation is 2. The molecule has 6 heteroatoms. The summed E-state index contributed by atoms with van der Waals surface area (Å²) in [5.41, 5.74) is 1.69. The fourth-order valence-electron chi connectivity index (χ4n) is 1.38. The van der Waals surface area contributed by atoms with Crippen LogP contribution < -0.4 is 5.32 Å². The number of hydrogen-bond acceptors (Lipinski definition) is 5. The van der Waals surface area contributed by atoms with Crippen LogP contribution >= 0.6 is 0 Å². The van der Waals surface area contributed by atoms with E-state index in [1.165, 1.54) is 0 Å². The van der Waals surface area contributed by atoms with Crippen LogP contribution in [0.15, 0.2) is 6.07 Å². The van der Waals surface area contributed by atoms with Crippen LogP contribution in [0.3, 0.4) is 0 Å². The van der Waals surface area contributed by atoms with Gasteiger partial charge in [-0.25, -0.2) is 0 Å². The molecule has 0 bridgehead atoms. The van der Waals surface area contributed by atoms with E-state index < -0.39 is 6.04 Å². The highest BCUT2D eigenvalue weighted by Crippen LogP contribution is 2.07. The average Bonchev–Trinajstić information content (AvgIpc) is 2.35. The van der Waals surface area contributed by atoms with E-state index in [0.29, 0.717) is 23.4 Å². The summed E-state index contributed by atoms with van der Waals surface area (Å²) < 4.78 is 0. The molecule has 0 fully saturated rings. The lowest BCUT2D eigenvalue weighted by atomic mass is 10.1. The normalized spacial score (nSPS) is 10.6. The quantitative estimate of drug-likeness (QED) is 0.639. The largest absolute Gasteiger partial charge is 0.394 e. The number of nitrogens with one attached hydrogen (secondary N) is 1. The Morgan fingerprint density at radius 1 is 1.41 bits per heavy atom. The Balaban J connectivity index is 2.90. The molecule has 0 saturated carbocycles. The molecule has 0 aliphatic heterocycles. The number of aliphatic hydroxyl groups is 2. The van der Waals surface area contributed by atoms with Crippen LogP contribution in [0.5, 0.6) is 0 Å². The fraction of sp³-hybridized carbons (Fsp3) is 0.545. The number of aromatic nitrogens is 2. The number of nitrogens with zero attached hydrogens (tertiary/aromatic N) is 2. The van der Waals surface area contributed by atoms with Gasteiger partial charge in [-0.2, -0.15) is 10.2 Å². The molecule has 3 N–H and O–H groups in total. The van der Waals surface area contributed by atoms with Gasteiger partial charge in [-0.05, 0) is 19.4 Å². The molecule has 0 spiro atoms. The maximum Gasteiger partial charge on any atom is 0.253 e. The Morgan fingerprint density at radius 2 is 2.06 bits per heavy atom. The van der Waals surface area contributed by atoms with Crippen LogP contribution in [-0.2, 0) is 6.42 Å². The van der Waals surface area contributed by atoms with Gasteiger partial charge in [0.2, 0.25) is 0 Å². The minimum Gasteiger partial charge on any atom is -0.394 e. The fourth-order valence-corrected chi connectivity index (χ4v) is 1.38. The molecule has 1 amide bonds. The third-order valence-corrected chi connectivity index (χ3v) is 2.35. The number of amides is 1. The maximum absolute atomic E-state index is 11.9. The molecule has 6 nitrogen and oxygen atoms in total. The van der Waals surface area contributed by atoms with Crippen LogP contribution in [0.25, 0.3) is 0 Å². The van der Waals surface area contributed by atoms with Gasteiger partial charge in [0.25, 0.3) is 5.91 Å².